The quantitative estimate of drug-likeness (QED) is 0.800. The van der Waals surface area contributed by atoms with Gasteiger partial charge in [0.15, 0.2) is 0 Å². The molecule has 0 spiro atoms. The maximum absolute atomic E-state index is 8.90. The molecule has 0 saturated heterocycles. The van der Waals surface area contributed by atoms with Crippen LogP contribution in [-0.2, 0) is 6.42 Å². The molecule has 0 fully saturated rings. The van der Waals surface area contributed by atoms with E-state index < -0.39 is 0 Å². The van der Waals surface area contributed by atoms with Crippen molar-refractivity contribution in [1.82, 2.24) is 9.97 Å². The zero-order valence-corrected chi connectivity index (χ0v) is 13.4. The summed E-state index contributed by atoms with van der Waals surface area (Å²) in [5.41, 5.74) is 1.07. The minimum absolute atomic E-state index is 0.143. The predicted octanol–water partition coefficient (Wildman–Crippen LogP) is 3.39. The zero-order valence-electron chi connectivity index (χ0n) is 11.8. The molecular weight excluding hydrogens is 334 g/mol. The van der Waals surface area contributed by atoms with E-state index in [1.807, 2.05) is 24.3 Å². The standard InChI is InChI=1S/C15H18BrN3O2/c1-2-8-17-14-13(16)15(19-10-18-14)21-12-5-3-11(4-6-12)7-9-20/h3-6,10,20H,2,7-9H2,1H3,(H,17,18,19). The van der Waals surface area contributed by atoms with Gasteiger partial charge in [-0.3, -0.25) is 0 Å². The van der Waals surface area contributed by atoms with Crippen LogP contribution in [0, 0.1) is 0 Å². The van der Waals surface area contributed by atoms with Gasteiger partial charge in [0.25, 0.3) is 0 Å². The zero-order chi connectivity index (χ0) is 15.1. The lowest BCUT2D eigenvalue weighted by Crippen LogP contribution is -2.04. The summed E-state index contributed by atoms with van der Waals surface area (Å²) in [6.45, 7) is 3.07. The van der Waals surface area contributed by atoms with Crippen LogP contribution in [0.3, 0.4) is 0 Å². The molecule has 21 heavy (non-hydrogen) atoms. The Kier molecular flexibility index (Phi) is 5.95. The van der Waals surface area contributed by atoms with E-state index in [9.17, 15) is 0 Å². The number of benzene rings is 1. The molecule has 0 atom stereocenters. The van der Waals surface area contributed by atoms with E-state index in [2.05, 4.69) is 38.1 Å². The van der Waals surface area contributed by atoms with Gasteiger partial charge in [0.05, 0.1) is 0 Å². The number of aromatic nitrogens is 2. The van der Waals surface area contributed by atoms with Crippen molar-refractivity contribution < 1.29 is 9.84 Å². The Morgan fingerprint density at radius 2 is 2.00 bits per heavy atom. The number of halogens is 1. The summed E-state index contributed by atoms with van der Waals surface area (Å²) in [6.07, 6.45) is 3.12. The van der Waals surface area contributed by atoms with Crippen molar-refractivity contribution >= 4 is 21.7 Å². The topological polar surface area (TPSA) is 67.3 Å². The molecule has 112 valence electrons. The lowest BCUT2D eigenvalue weighted by atomic mass is 10.1. The van der Waals surface area contributed by atoms with Gasteiger partial charge in [-0.25, -0.2) is 9.97 Å². The van der Waals surface area contributed by atoms with Gasteiger partial charge in [0.1, 0.15) is 22.4 Å². The molecule has 0 aliphatic rings. The first kappa shape index (κ1) is 15.7. The van der Waals surface area contributed by atoms with Gasteiger partial charge in [0.2, 0.25) is 5.88 Å². The second-order valence-corrected chi connectivity index (χ2v) is 5.28. The number of hydrogen-bond acceptors (Lipinski definition) is 5. The number of nitrogens with zero attached hydrogens (tertiary/aromatic N) is 2. The minimum atomic E-state index is 0.143. The highest BCUT2D eigenvalue weighted by Gasteiger charge is 2.10. The Morgan fingerprint density at radius 1 is 1.24 bits per heavy atom. The molecule has 0 amide bonds. The van der Waals surface area contributed by atoms with Crippen molar-refractivity contribution in [2.75, 3.05) is 18.5 Å². The second-order valence-electron chi connectivity index (χ2n) is 4.49. The molecule has 2 rings (SSSR count). The Hall–Kier alpha value is -1.66. The average Bonchev–Trinajstić information content (AvgIpc) is 2.50. The molecule has 0 bridgehead atoms. The number of anilines is 1. The number of nitrogens with one attached hydrogen (secondary N) is 1. The second kappa shape index (κ2) is 7.95. The van der Waals surface area contributed by atoms with Gasteiger partial charge in [-0.1, -0.05) is 19.1 Å². The monoisotopic (exact) mass is 351 g/mol. The van der Waals surface area contributed by atoms with E-state index in [-0.39, 0.29) is 6.61 Å². The van der Waals surface area contributed by atoms with Gasteiger partial charge in [-0.15, -0.1) is 0 Å². The SMILES string of the molecule is CCCNc1ncnc(Oc2ccc(CCO)cc2)c1Br. The molecule has 0 unspecified atom stereocenters. The summed E-state index contributed by atoms with van der Waals surface area (Å²) in [6, 6.07) is 7.57. The summed E-state index contributed by atoms with van der Waals surface area (Å²) in [5.74, 6) is 1.88. The largest absolute Gasteiger partial charge is 0.438 e. The van der Waals surface area contributed by atoms with Crippen molar-refractivity contribution in [3.8, 4) is 11.6 Å². The Bertz CT molecular complexity index is 576. The van der Waals surface area contributed by atoms with Crippen LogP contribution in [0.5, 0.6) is 11.6 Å². The highest BCUT2D eigenvalue weighted by Crippen LogP contribution is 2.31. The highest BCUT2D eigenvalue weighted by molar-refractivity contribution is 9.10. The van der Waals surface area contributed by atoms with Crippen LogP contribution in [0.4, 0.5) is 5.82 Å². The molecular formula is C15H18BrN3O2. The Morgan fingerprint density at radius 3 is 2.67 bits per heavy atom. The molecule has 2 aromatic rings. The fraction of sp³-hybridized carbons (Fsp3) is 0.333. The molecule has 1 aromatic carbocycles. The lowest BCUT2D eigenvalue weighted by Gasteiger charge is -2.10. The number of ether oxygens (including phenoxy) is 1. The lowest BCUT2D eigenvalue weighted by molar-refractivity contribution is 0.299. The van der Waals surface area contributed by atoms with Crippen LogP contribution in [-0.4, -0.2) is 28.2 Å². The van der Waals surface area contributed by atoms with Gasteiger partial charge < -0.3 is 15.2 Å². The predicted molar refractivity (Wildman–Crippen MR) is 85.8 cm³/mol. The fourth-order valence-corrected chi connectivity index (χ4v) is 2.18. The summed E-state index contributed by atoms with van der Waals surface area (Å²) in [5, 5.41) is 12.1. The van der Waals surface area contributed by atoms with Crippen molar-refractivity contribution in [3.05, 3.63) is 40.6 Å². The molecule has 2 N–H and O–H groups in total. The minimum Gasteiger partial charge on any atom is -0.438 e. The normalized spacial score (nSPS) is 10.4. The third kappa shape index (κ3) is 4.41. The van der Waals surface area contributed by atoms with Crippen molar-refractivity contribution in [1.29, 1.82) is 0 Å². The molecule has 0 aliphatic heterocycles. The number of aliphatic hydroxyl groups excluding tert-OH is 1. The molecule has 1 aromatic heterocycles. The smallest absolute Gasteiger partial charge is 0.238 e. The number of rotatable bonds is 7. The molecule has 1 heterocycles. The van der Waals surface area contributed by atoms with Crippen molar-refractivity contribution in [2.45, 2.75) is 19.8 Å². The van der Waals surface area contributed by atoms with Crippen LogP contribution in [0.15, 0.2) is 35.1 Å². The van der Waals surface area contributed by atoms with Crippen LogP contribution < -0.4 is 10.1 Å². The van der Waals surface area contributed by atoms with Gasteiger partial charge in [-0.05, 0) is 46.5 Å². The number of hydrogen-bond donors (Lipinski definition) is 2. The molecule has 0 saturated carbocycles. The molecule has 0 aliphatic carbocycles. The van der Waals surface area contributed by atoms with Crippen LogP contribution in [0.25, 0.3) is 0 Å². The molecule has 0 radical (unpaired) electrons. The first-order chi connectivity index (χ1) is 10.2. The maximum atomic E-state index is 8.90. The summed E-state index contributed by atoms with van der Waals surface area (Å²) >= 11 is 3.46. The van der Waals surface area contributed by atoms with E-state index in [0.717, 1.165) is 24.3 Å². The van der Waals surface area contributed by atoms with E-state index in [1.54, 1.807) is 0 Å². The average molecular weight is 352 g/mol. The summed E-state index contributed by atoms with van der Waals surface area (Å²) in [7, 11) is 0. The van der Waals surface area contributed by atoms with E-state index in [4.69, 9.17) is 9.84 Å². The first-order valence-electron chi connectivity index (χ1n) is 6.86. The van der Waals surface area contributed by atoms with Crippen LogP contribution in [0.1, 0.15) is 18.9 Å². The highest BCUT2D eigenvalue weighted by atomic mass is 79.9. The Balaban J connectivity index is 2.11. The maximum Gasteiger partial charge on any atom is 0.238 e. The van der Waals surface area contributed by atoms with Gasteiger partial charge in [0, 0.05) is 13.2 Å². The number of aliphatic hydroxyl groups is 1. The van der Waals surface area contributed by atoms with Crippen molar-refractivity contribution in [2.24, 2.45) is 0 Å². The first-order valence-corrected chi connectivity index (χ1v) is 7.66. The van der Waals surface area contributed by atoms with E-state index in [0.29, 0.717) is 22.5 Å². The van der Waals surface area contributed by atoms with Crippen molar-refractivity contribution in [3.63, 3.8) is 0 Å². The van der Waals surface area contributed by atoms with Crippen LogP contribution >= 0.6 is 15.9 Å². The summed E-state index contributed by atoms with van der Waals surface area (Å²) in [4.78, 5) is 8.32. The third-order valence-electron chi connectivity index (χ3n) is 2.84. The molecule has 6 heteroatoms. The Labute approximate surface area is 132 Å². The van der Waals surface area contributed by atoms with Crippen LogP contribution in [0.2, 0.25) is 0 Å². The summed E-state index contributed by atoms with van der Waals surface area (Å²) < 4.78 is 6.47. The van der Waals surface area contributed by atoms with E-state index >= 15 is 0 Å². The fourth-order valence-electron chi connectivity index (χ4n) is 1.76. The third-order valence-corrected chi connectivity index (χ3v) is 3.55. The van der Waals surface area contributed by atoms with E-state index in [1.165, 1.54) is 6.33 Å². The van der Waals surface area contributed by atoms with Gasteiger partial charge in [-0.2, -0.15) is 0 Å². The molecule has 5 nitrogen and oxygen atoms in total. The van der Waals surface area contributed by atoms with Gasteiger partial charge >= 0.3 is 0 Å².